The molecule has 1 aromatic carbocycles. The van der Waals surface area contributed by atoms with Crippen molar-refractivity contribution >= 4 is 21.8 Å². The van der Waals surface area contributed by atoms with E-state index in [0.717, 1.165) is 22.5 Å². The number of hydrogen-bond donors (Lipinski definition) is 0. The molecule has 0 bridgehead atoms. The number of carbonyl (C=O) groups excluding carboxylic acids is 1. The maximum absolute atomic E-state index is 13.6. The number of halogens is 2. The van der Waals surface area contributed by atoms with E-state index in [1.807, 2.05) is 16.5 Å². The van der Waals surface area contributed by atoms with Crippen molar-refractivity contribution in [3.63, 3.8) is 0 Å². The summed E-state index contributed by atoms with van der Waals surface area (Å²) in [5.74, 6) is -0.182. The highest BCUT2D eigenvalue weighted by Crippen LogP contribution is 2.22. The minimum atomic E-state index is -0.244. The van der Waals surface area contributed by atoms with Gasteiger partial charge in [-0.2, -0.15) is 0 Å². The Kier molecular flexibility index (Phi) is 4.29. The van der Waals surface area contributed by atoms with Crippen LogP contribution in [-0.4, -0.2) is 26.9 Å². The van der Waals surface area contributed by atoms with Crippen molar-refractivity contribution in [1.29, 1.82) is 0 Å². The smallest absolute Gasteiger partial charge is 0.223 e. The first-order chi connectivity index (χ1) is 10.6. The molecule has 0 saturated heterocycles. The molecule has 0 atom stereocenters. The average molecular weight is 366 g/mol. The van der Waals surface area contributed by atoms with Gasteiger partial charge in [0.05, 0.1) is 17.9 Å². The molecule has 0 fully saturated rings. The van der Waals surface area contributed by atoms with E-state index >= 15 is 0 Å². The summed E-state index contributed by atoms with van der Waals surface area (Å²) in [6.07, 6.45) is 1.53. The van der Waals surface area contributed by atoms with Gasteiger partial charge < -0.3 is 9.47 Å². The topological polar surface area (TPSA) is 38.1 Å². The molecule has 2 heterocycles. The van der Waals surface area contributed by atoms with Gasteiger partial charge in [-0.05, 0) is 34.0 Å². The van der Waals surface area contributed by atoms with Gasteiger partial charge >= 0.3 is 0 Å². The van der Waals surface area contributed by atoms with Crippen molar-refractivity contribution in [1.82, 2.24) is 14.5 Å². The second-order valence-electron chi connectivity index (χ2n) is 5.49. The quantitative estimate of drug-likeness (QED) is 0.838. The zero-order valence-corrected chi connectivity index (χ0v) is 13.9. The van der Waals surface area contributed by atoms with Gasteiger partial charge in [0, 0.05) is 26.4 Å². The monoisotopic (exact) mass is 365 g/mol. The van der Waals surface area contributed by atoms with Crippen LogP contribution in [0.5, 0.6) is 0 Å². The molecule has 1 aliphatic rings. The molecule has 116 valence electrons. The normalized spacial score (nSPS) is 14.0. The molecule has 22 heavy (non-hydrogen) atoms. The van der Waals surface area contributed by atoms with Crippen LogP contribution in [-0.2, 0) is 31.2 Å². The third-order valence-corrected chi connectivity index (χ3v) is 4.83. The number of amides is 1. The molecule has 4 nitrogen and oxygen atoms in total. The lowest BCUT2D eigenvalue weighted by molar-refractivity contribution is -0.132. The highest BCUT2D eigenvalue weighted by molar-refractivity contribution is 9.10. The van der Waals surface area contributed by atoms with E-state index in [1.54, 1.807) is 18.2 Å². The van der Waals surface area contributed by atoms with E-state index in [1.165, 1.54) is 6.07 Å². The second kappa shape index (κ2) is 6.20. The van der Waals surface area contributed by atoms with E-state index in [0.29, 0.717) is 31.5 Å². The van der Waals surface area contributed by atoms with E-state index in [2.05, 4.69) is 20.9 Å². The third kappa shape index (κ3) is 2.92. The third-order valence-electron chi connectivity index (χ3n) is 4.12. The summed E-state index contributed by atoms with van der Waals surface area (Å²) < 4.78 is 16.3. The highest BCUT2D eigenvalue weighted by atomic mass is 79.9. The lowest BCUT2D eigenvalue weighted by atomic mass is 10.1. The minimum Gasteiger partial charge on any atom is -0.336 e. The molecular formula is C16H17BrFN3O. The summed E-state index contributed by atoms with van der Waals surface area (Å²) in [6, 6.07) is 6.62. The zero-order chi connectivity index (χ0) is 15.7. The van der Waals surface area contributed by atoms with Gasteiger partial charge in [-0.1, -0.05) is 18.2 Å². The van der Waals surface area contributed by atoms with Gasteiger partial charge in [-0.15, -0.1) is 0 Å². The van der Waals surface area contributed by atoms with Gasteiger partial charge in [-0.25, -0.2) is 9.37 Å². The molecule has 2 aromatic rings. The van der Waals surface area contributed by atoms with Gasteiger partial charge in [0.1, 0.15) is 5.82 Å². The first kappa shape index (κ1) is 15.2. The first-order valence-electron chi connectivity index (χ1n) is 7.27. The van der Waals surface area contributed by atoms with Crippen LogP contribution in [0.1, 0.15) is 23.4 Å². The predicted molar refractivity (Wildman–Crippen MR) is 84.8 cm³/mol. The number of carbonyl (C=O) groups is 1. The fourth-order valence-corrected chi connectivity index (χ4v) is 3.20. The molecular weight excluding hydrogens is 349 g/mol. The largest absolute Gasteiger partial charge is 0.336 e. The Morgan fingerprint density at radius 2 is 2.18 bits per heavy atom. The Morgan fingerprint density at radius 1 is 1.41 bits per heavy atom. The number of nitrogens with zero attached hydrogens (tertiary/aromatic N) is 3. The van der Waals surface area contributed by atoms with Crippen LogP contribution in [0.2, 0.25) is 0 Å². The second-order valence-corrected chi connectivity index (χ2v) is 6.20. The summed E-state index contributed by atoms with van der Waals surface area (Å²) in [5, 5.41) is 0. The average Bonchev–Trinajstić information content (AvgIpc) is 2.81. The fraction of sp³-hybridized carbons (Fsp3) is 0.375. The van der Waals surface area contributed by atoms with E-state index in [4.69, 9.17) is 0 Å². The summed E-state index contributed by atoms with van der Waals surface area (Å²) in [5.41, 5.74) is 2.71. The zero-order valence-electron chi connectivity index (χ0n) is 12.4. The van der Waals surface area contributed by atoms with Crippen molar-refractivity contribution < 1.29 is 9.18 Å². The summed E-state index contributed by atoms with van der Waals surface area (Å²) in [7, 11) is 1.93. The standard InChI is InChI=1S/C16H17BrFN3O/c1-20-14-10-21(9-8-13(14)19-16(20)17)15(22)7-6-11-4-2-3-5-12(11)18/h2-5H,6-10H2,1H3. The molecule has 0 radical (unpaired) electrons. The van der Waals surface area contributed by atoms with E-state index < -0.39 is 0 Å². The van der Waals surface area contributed by atoms with E-state index in [9.17, 15) is 9.18 Å². The molecule has 1 amide bonds. The molecule has 0 saturated carbocycles. The van der Waals surface area contributed by atoms with Crippen molar-refractivity contribution in [3.05, 3.63) is 51.8 Å². The summed E-state index contributed by atoms with van der Waals surface area (Å²) in [6.45, 7) is 1.24. The SMILES string of the molecule is Cn1c(Br)nc2c1CN(C(=O)CCc1ccccc1F)CC2. The molecule has 0 spiro atoms. The first-order valence-corrected chi connectivity index (χ1v) is 8.06. The molecule has 3 rings (SSSR count). The molecule has 1 aliphatic heterocycles. The number of aryl methyl sites for hydroxylation is 1. The maximum atomic E-state index is 13.6. The van der Waals surface area contributed by atoms with Gasteiger partial charge in [0.15, 0.2) is 4.73 Å². The molecule has 0 N–H and O–H groups in total. The molecule has 0 unspecified atom stereocenters. The molecule has 1 aromatic heterocycles. The van der Waals surface area contributed by atoms with Gasteiger partial charge in [-0.3, -0.25) is 4.79 Å². The predicted octanol–water partition coefficient (Wildman–Crippen LogP) is 2.84. The fourth-order valence-electron chi connectivity index (χ4n) is 2.77. The van der Waals surface area contributed by atoms with Crippen LogP contribution in [0.3, 0.4) is 0 Å². The lowest BCUT2D eigenvalue weighted by Crippen LogP contribution is -2.36. The van der Waals surface area contributed by atoms with Crippen LogP contribution >= 0.6 is 15.9 Å². The van der Waals surface area contributed by atoms with Crippen LogP contribution in [0.4, 0.5) is 4.39 Å². The molecule has 6 heteroatoms. The summed E-state index contributed by atoms with van der Waals surface area (Å²) >= 11 is 3.41. The number of benzene rings is 1. The lowest BCUT2D eigenvalue weighted by Gasteiger charge is -2.27. The van der Waals surface area contributed by atoms with Crippen LogP contribution in [0, 0.1) is 5.82 Å². The number of fused-ring (bicyclic) bond motifs is 1. The van der Waals surface area contributed by atoms with Crippen LogP contribution < -0.4 is 0 Å². The van der Waals surface area contributed by atoms with Crippen LogP contribution in [0.15, 0.2) is 29.0 Å². The minimum absolute atomic E-state index is 0.0613. The number of imidazole rings is 1. The van der Waals surface area contributed by atoms with Crippen molar-refractivity contribution in [2.24, 2.45) is 7.05 Å². The van der Waals surface area contributed by atoms with Crippen molar-refractivity contribution in [3.8, 4) is 0 Å². The Balaban J connectivity index is 1.64. The highest BCUT2D eigenvalue weighted by Gasteiger charge is 2.25. The maximum Gasteiger partial charge on any atom is 0.223 e. The Hall–Kier alpha value is -1.69. The number of aromatic nitrogens is 2. The van der Waals surface area contributed by atoms with Crippen molar-refractivity contribution in [2.75, 3.05) is 6.54 Å². The Bertz CT molecular complexity index is 713. The van der Waals surface area contributed by atoms with Gasteiger partial charge in [0.2, 0.25) is 5.91 Å². The van der Waals surface area contributed by atoms with E-state index in [-0.39, 0.29) is 11.7 Å². The van der Waals surface area contributed by atoms with Gasteiger partial charge in [0.25, 0.3) is 0 Å². The molecule has 0 aliphatic carbocycles. The summed E-state index contributed by atoms with van der Waals surface area (Å²) in [4.78, 5) is 18.6. The Labute approximate surface area is 137 Å². The Morgan fingerprint density at radius 3 is 2.95 bits per heavy atom. The number of hydrogen-bond acceptors (Lipinski definition) is 2. The van der Waals surface area contributed by atoms with Crippen LogP contribution in [0.25, 0.3) is 0 Å². The number of rotatable bonds is 3. The van der Waals surface area contributed by atoms with Crippen molar-refractivity contribution in [2.45, 2.75) is 25.8 Å².